The second kappa shape index (κ2) is 4.60. The molecule has 0 aliphatic heterocycles. The van der Waals surface area contributed by atoms with Crippen molar-refractivity contribution in [3.8, 4) is 0 Å². The number of oxime groups is 1. The van der Waals surface area contributed by atoms with Crippen LogP contribution in [-0.2, 0) is 0 Å². The van der Waals surface area contributed by atoms with Gasteiger partial charge in [-0.2, -0.15) is 0 Å². The minimum absolute atomic E-state index is 0.0985. The lowest BCUT2D eigenvalue weighted by Crippen LogP contribution is -2.31. The summed E-state index contributed by atoms with van der Waals surface area (Å²) in [4.78, 5) is 0. The van der Waals surface area contributed by atoms with E-state index in [0.29, 0.717) is 5.92 Å². The number of allylic oxidation sites excluding steroid dienone is 8. The van der Waals surface area contributed by atoms with Crippen LogP contribution >= 0.6 is 0 Å². The van der Waals surface area contributed by atoms with Gasteiger partial charge in [-0.15, -0.1) is 5.16 Å². The van der Waals surface area contributed by atoms with E-state index in [-0.39, 0.29) is 11.3 Å². The first kappa shape index (κ1) is 12.9. The fourth-order valence-corrected chi connectivity index (χ4v) is 3.33. The minimum Gasteiger partial charge on any atom is -0.411 e. The summed E-state index contributed by atoms with van der Waals surface area (Å²) in [5, 5.41) is 12.1. The van der Waals surface area contributed by atoms with Crippen LogP contribution in [0.2, 0.25) is 0 Å². The Kier molecular flexibility index (Phi) is 3.29. The third kappa shape index (κ3) is 1.86. The average Bonchev–Trinajstić information content (AvgIpc) is 2.57. The molecular formula is C16H21NO. The summed E-state index contributed by atoms with van der Waals surface area (Å²) in [6.45, 7) is 8.82. The van der Waals surface area contributed by atoms with Gasteiger partial charge in [-0.05, 0) is 30.9 Å². The van der Waals surface area contributed by atoms with Crippen molar-refractivity contribution in [2.24, 2.45) is 22.4 Å². The molecule has 0 aromatic heterocycles. The zero-order valence-corrected chi connectivity index (χ0v) is 11.5. The van der Waals surface area contributed by atoms with Crippen molar-refractivity contribution in [3.05, 3.63) is 47.1 Å². The lowest BCUT2D eigenvalue weighted by Gasteiger charge is -2.37. The van der Waals surface area contributed by atoms with Crippen molar-refractivity contribution < 1.29 is 5.21 Å². The fraction of sp³-hybridized carbons (Fsp3) is 0.438. The summed E-state index contributed by atoms with van der Waals surface area (Å²) in [5.74, 6) is 0.556. The molecule has 2 nitrogen and oxygen atoms in total. The van der Waals surface area contributed by atoms with Gasteiger partial charge in [-0.3, -0.25) is 0 Å². The SMILES string of the molecule is CC1=CC(C)C(C2(C)C=CC=CC2/C=N/O)=C1C. The van der Waals surface area contributed by atoms with E-state index in [0.717, 1.165) is 0 Å². The molecule has 0 aromatic carbocycles. The van der Waals surface area contributed by atoms with E-state index in [9.17, 15) is 0 Å². The molecule has 0 spiro atoms. The largest absolute Gasteiger partial charge is 0.411 e. The Hall–Kier alpha value is -1.57. The third-order valence-electron chi connectivity index (χ3n) is 4.32. The summed E-state index contributed by atoms with van der Waals surface area (Å²) < 4.78 is 0. The van der Waals surface area contributed by atoms with Gasteiger partial charge in [0.1, 0.15) is 0 Å². The third-order valence-corrected chi connectivity index (χ3v) is 4.32. The van der Waals surface area contributed by atoms with Crippen molar-refractivity contribution in [1.82, 2.24) is 0 Å². The molecule has 2 aliphatic rings. The molecule has 96 valence electrons. The first-order valence-electron chi connectivity index (χ1n) is 6.44. The average molecular weight is 243 g/mol. The van der Waals surface area contributed by atoms with Crippen molar-refractivity contribution in [2.45, 2.75) is 27.7 Å². The Balaban J connectivity index is 2.48. The molecule has 2 heteroatoms. The highest BCUT2D eigenvalue weighted by Gasteiger charge is 2.39. The molecular weight excluding hydrogens is 222 g/mol. The van der Waals surface area contributed by atoms with E-state index in [4.69, 9.17) is 5.21 Å². The maximum Gasteiger partial charge on any atom is 0.0516 e. The molecule has 1 N–H and O–H groups in total. The first-order valence-corrected chi connectivity index (χ1v) is 6.44. The normalized spacial score (nSPS) is 35.7. The van der Waals surface area contributed by atoms with Crippen LogP contribution in [-0.4, -0.2) is 11.4 Å². The molecule has 3 atom stereocenters. The van der Waals surface area contributed by atoms with Crippen LogP contribution in [0.3, 0.4) is 0 Å². The Morgan fingerprint density at radius 1 is 1.33 bits per heavy atom. The van der Waals surface area contributed by atoms with E-state index in [1.54, 1.807) is 6.21 Å². The number of nitrogens with zero attached hydrogens (tertiary/aromatic N) is 1. The molecule has 2 rings (SSSR count). The Bertz CT molecular complexity index is 493. The maximum atomic E-state index is 8.86. The van der Waals surface area contributed by atoms with Crippen LogP contribution in [0.4, 0.5) is 0 Å². The number of hydrogen-bond donors (Lipinski definition) is 1. The maximum absolute atomic E-state index is 8.86. The van der Waals surface area contributed by atoms with Gasteiger partial charge in [-0.25, -0.2) is 0 Å². The lowest BCUT2D eigenvalue weighted by atomic mass is 9.66. The predicted molar refractivity (Wildman–Crippen MR) is 75.8 cm³/mol. The van der Waals surface area contributed by atoms with Gasteiger partial charge in [0.2, 0.25) is 0 Å². The van der Waals surface area contributed by atoms with Crippen LogP contribution in [0.15, 0.2) is 52.3 Å². The van der Waals surface area contributed by atoms with Crippen LogP contribution in [0.1, 0.15) is 27.7 Å². The van der Waals surface area contributed by atoms with E-state index in [1.807, 2.05) is 6.08 Å². The topological polar surface area (TPSA) is 32.6 Å². The van der Waals surface area contributed by atoms with Crippen molar-refractivity contribution in [3.63, 3.8) is 0 Å². The molecule has 0 saturated heterocycles. The van der Waals surface area contributed by atoms with Crippen LogP contribution in [0, 0.1) is 17.3 Å². The van der Waals surface area contributed by atoms with Crippen LogP contribution in [0.25, 0.3) is 0 Å². The molecule has 0 radical (unpaired) electrons. The monoisotopic (exact) mass is 243 g/mol. The van der Waals surface area contributed by atoms with Gasteiger partial charge in [-0.1, -0.05) is 49.8 Å². The van der Waals surface area contributed by atoms with Crippen LogP contribution in [0.5, 0.6) is 0 Å². The summed E-state index contributed by atoms with van der Waals surface area (Å²) in [6, 6.07) is 0. The van der Waals surface area contributed by atoms with Crippen molar-refractivity contribution in [1.29, 1.82) is 0 Å². The van der Waals surface area contributed by atoms with Gasteiger partial charge >= 0.3 is 0 Å². The summed E-state index contributed by atoms with van der Waals surface area (Å²) >= 11 is 0. The van der Waals surface area contributed by atoms with E-state index >= 15 is 0 Å². The summed E-state index contributed by atoms with van der Waals surface area (Å²) in [5.41, 5.74) is 4.08. The molecule has 0 fully saturated rings. The summed E-state index contributed by atoms with van der Waals surface area (Å²) in [6.07, 6.45) is 12.4. The standard InChI is InChI=1S/C16H21NO/c1-11-9-12(2)15(13(11)3)16(4)8-6-5-7-14(16)10-17-18/h5-10,12,14,18H,1-4H3/b17-10+. The van der Waals surface area contributed by atoms with Gasteiger partial charge in [0.15, 0.2) is 0 Å². The molecule has 18 heavy (non-hydrogen) atoms. The highest BCUT2D eigenvalue weighted by molar-refractivity contribution is 5.68. The molecule has 0 amide bonds. The molecule has 0 aromatic rings. The molecule has 3 unspecified atom stereocenters. The van der Waals surface area contributed by atoms with E-state index < -0.39 is 0 Å². The Morgan fingerprint density at radius 2 is 2.06 bits per heavy atom. The Morgan fingerprint density at radius 3 is 2.61 bits per heavy atom. The van der Waals surface area contributed by atoms with Crippen molar-refractivity contribution >= 4 is 6.21 Å². The number of rotatable bonds is 2. The molecule has 0 bridgehead atoms. The highest BCUT2D eigenvalue weighted by Crippen LogP contribution is 2.48. The summed E-state index contributed by atoms with van der Waals surface area (Å²) in [7, 11) is 0. The quantitative estimate of drug-likeness (QED) is 0.442. The van der Waals surface area contributed by atoms with E-state index in [1.165, 1.54) is 16.7 Å². The first-order chi connectivity index (χ1) is 8.50. The van der Waals surface area contributed by atoms with Gasteiger partial charge in [0.25, 0.3) is 0 Å². The molecule has 2 aliphatic carbocycles. The van der Waals surface area contributed by atoms with Crippen LogP contribution < -0.4 is 0 Å². The van der Waals surface area contributed by atoms with Gasteiger partial charge < -0.3 is 5.21 Å². The predicted octanol–water partition coefficient (Wildman–Crippen LogP) is 4.11. The highest BCUT2D eigenvalue weighted by atomic mass is 16.4. The Labute approximate surface area is 109 Å². The second-order valence-electron chi connectivity index (χ2n) is 5.49. The van der Waals surface area contributed by atoms with Crippen molar-refractivity contribution in [2.75, 3.05) is 0 Å². The second-order valence-corrected chi connectivity index (χ2v) is 5.49. The smallest absolute Gasteiger partial charge is 0.0516 e. The minimum atomic E-state index is -0.0985. The van der Waals surface area contributed by atoms with E-state index in [2.05, 4.69) is 57.2 Å². The number of hydrogen-bond acceptors (Lipinski definition) is 2. The fourth-order valence-electron chi connectivity index (χ4n) is 3.33. The lowest BCUT2D eigenvalue weighted by molar-refractivity contribution is 0.313. The van der Waals surface area contributed by atoms with Gasteiger partial charge in [0.05, 0.1) is 6.21 Å². The molecule has 0 heterocycles. The zero-order valence-electron chi connectivity index (χ0n) is 11.5. The van der Waals surface area contributed by atoms with Gasteiger partial charge in [0, 0.05) is 11.3 Å². The zero-order chi connectivity index (χ0) is 13.3. The molecule has 0 saturated carbocycles.